The highest BCUT2D eigenvalue weighted by atomic mass is 32.2. The topological polar surface area (TPSA) is 52.2 Å². The standard InChI is InChI=1S/C24H29F4N5S/c1-15(24(26,27)28)23-18-6-3-7-21(32-22-8-10-33(2)13-20(22)25)19(18)11-16(31-23)5-4-9-29-17-12-30-34-14-17/h3-7,11,17,20,22,29-30,32H,1,8-10,12-14H2,2H3/b5-4+/t17?,20?,22-/m1/s1. The lowest BCUT2D eigenvalue weighted by Crippen LogP contribution is -2.46. The number of rotatable bonds is 7. The minimum absolute atomic E-state index is 0.210. The van der Waals surface area contributed by atoms with Crippen LogP contribution in [0.4, 0.5) is 23.2 Å². The number of nitrogens with one attached hydrogen (secondary N) is 3. The molecule has 3 atom stereocenters. The molecule has 1 aromatic heterocycles. The van der Waals surface area contributed by atoms with Crippen molar-refractivity contribution in [3.63, 3.8) is 0 Å². The van der Waals surface area contributed by atoms with Gasteiger partial charge in [0.25, 0.3) is 0 Å². The van der Waals surface area contributed by atoms with Crippen molar-refractivity contribution in [2.24, 2.45) is 0 Å². The summed E-state index contributed by atoms with van der Waals surface area (Å²) in [5.41, 5.74) is -0.226. The first-order chi connectivity index (χ1) is 16.2. The molecular weight excluding hydrogens is 466 g/mol. The summed E-state index contributed by atoms with van der Waals surface area (Å²) < 4.78 is 58.6. The van der Waals surface area contributed by atoms with Gasteiger partial charge in [0.05, 0.1) is 23.0 Å². The van der Waals surface area contributed by atoms with Crippen molar-refractivity contribution in [1.82, 2.24) is 19.9 Å². The molecule has 5 nitrogen and oxygen atoms in total. The van der Waals surface area contributed by atoms with Crippen molar-refractivity contribution < 1.29 is 17.6 Å². The van der Waals surface area contributed by atoms with Gasteiger partial charge >= 0.3 is 6.18 Å². The van der Waals surface area contributed by atoms with E-state index >= 15 is 0 Å². The number of piperidine rings is 1. The van der Waals surface area contributed by atoms with Crippen LogP contribution in [0.15, 0.2) is 36.9 Å². The van der Waals surface area contributed by atoms with Crippen LogP contribution in [0, 0.1) is 0 Å². The smallest absolute Gasteiger partial charge is 0.379 e. The molecule has 2 saturated heterocycles. The van der Waals surface area contributed by atoms with Crippen LogP contribution in [0.3, 0.4) is 0 Å². The lowest BCUT2D eigenvalue weighted by atomic mass is 9.99. The molecule has 2 fully saturated rings. The highest BCUT2D eigenvalue weighted by Gasteiger charge is 2.35. The van der Waals surface area contributed by atoms with E-state index in [0.717, 1.165) is 18.8 Å². The van der Waals surface area contributed by atoms with Crippen LogP contribution in [0.5, 0.6) is 0 Å². The Labute approximate surface area is 201 Å². The molecule has 0 saturated carbocycles. The van der Waals surface area contributed by atoms with Crippen molar-refractivity contribution in [2.45, 2.75) is 30.9 Å². The van der Waals surface area contributed by atoms with Crippen molar-refractivity contribution in [1.29, 1.82) is 0 Å². The van der Waals surface area contributed by atoms with Crippen LogP contribution < -0.4 is 15.4 Å². The van der Waals surface area contributed by atoms with Gasteiger partial charge in [0, 0.05) is 54.4 Å². The highest BCUT2D eigenvalue weighted by Crippen LogP contribution is 2.37. The molecule has 10 heteroatoms. The van der Waals surface area contributed by atoms with E-state index in [4.69, 9.17) is 0 Å². The molecule has 2 aromatic rings. The Kier molecular flexibility index (Phi) is 7.81. The molecule has 0 radical (unpaired) electrons. The van der Waals surface area contributed by atoms with Gasteiger partial charge in [0.1, 0.15) is 6.17 Å². The number of nitrogens with zero attached hydrogens (tertiary/aromatic N) is 2. The second-order valence-corrected chi connectivity index (χ2v) is 9.67. The molecule has 184 valence electrons. The summed E-state index contributed by atoms with van der Waals surface area (Å²) in [5.74, 6) is 0.958. The fourth-order valence-corrected chi connectivity index (χ4v) is 5.09. The van der Waals surface area contributed by atoms with E-state index in [2.05, 4.69) is 26.9 Å². The van der Waals surface area contributed by atoms with Gasteiger partial charge in [-0.05, 0) is 31.7 Å². The average molecular weight is 496 g/mol. The van der Waals surface area contributed by atoms with Crippen LogP contribution in [0.25, 0.3) is 22.4 Å². The SMILES string of the molecule is C=C(c1nc(/C=C/CNC2CNSC2)cc2c(N[C@@H]3CCN(C)CC3F)cccc12)C(F)(F)F. The minimum atomic E-state index is -4.61. The molecule has 0 amide bonds. The minimum Gasteiger partial charge on any atom is -0.379 e. The molecule has 0 spiro atoms. The van der Waals surface area contributed by atoms with Gasteiger partial charge in [-0.15, -0.1) is 0 Å². The first-order valence-electron chi connectivity index (χ1n) is 11.3. The van der Waals surface area contributed by atoms with Gasteiger partial charge in [0.15, 0.2) is 0 Å². The van der Waals surface area contributed by atoms with E-state index < -0.39 is 24.0 Å². The largest absolute Gasteiger partial charge is 0.417 e. The van der Waals surface area contributed by atoms with Crippen molar-refractivity contribution in [3.05, 3.63) is 48.3 Å². The summed E-state index contributed by atoms with van der Waals surface area (Å²) in [4.78, 5) is 6.22. The lowest BCUT2D eigenvalue weighted by molar-refractivity contribution is -0.0688. The molecule has 0 aliphatic carbocycles. The van der Waals surface area contributed by atoms with Gasteiger partial charge in [-0.2, -0.15) is 13.2 Å². The van der Waals surface area contributed by atoms with Crippen molar-refractivity contribution in [2.75, 3.05) is 44.3 Å². The molecule has 34 heavy (non-hydrogen) atoms. The molecule has 1 aromatic carbocycles. The first kappa shape index (κ1) is 25.0. The zero-order chi connectivity index (χ0) is 24.3. The van der Waals surface area contributed by atoms with Crippen molar-refractivity contribution in [3.8, 4) is 0 Å². The quantitative estimate of drug-likeness (QED) is 0.389. The second kappa shape index (κ2) is 10.6. The van der Waals surface area contributed by atoms with E-state index in [9.17, 15) is 17.6 Å². The molecular formula is C24H29F4N5S. The summed E-state index contributed by atoms with van der Waals surface area (Å²) in [5, 5.41) is 7.51. The average Bonchev–Trinajstić information content (AvgIpc) is 3.31. The molecule has 2 aliphatic heterocycles. The Morgan fingerprint density at radius 2 is 2.18 bits per heavy atom. The maximum absolute atomic E-state index is 14.7. The van der Waals surface area contributed by atoms with E-state index in [0.29, 0.717) is 47.7 Å². The Morgan fingerprint density at radius 1 is 1.35 bits per heavy atom. The van der Waals surface area contributed by atoms with Gasteiger partial charge < -0.3 is 15.5 Å². The third kappa shape index (κ3) is 5.91. The summed E-state index contributed by atoms with van der Waals surface area (Å²) in [7, 11) is 1.87. The Morgan fingerprint density at radius 3 is 2.88 bits per heavy atom. The number of aromatic nitrogens is 1. The molecule has 3 N–H and O–H groups in total. The zero-order valence-corrected chi connectivity index (χ0v) is 19.8. The highest BCUT2D eigenvalue weighted by molar-refractivity contribution is 7.97. The summed E-state index contributed by atoms with van der Waals surface area (Å²) in [6, 6.07) is 6.71. The number of likely N-dealkylation sites (tertiary alicyclic amines) is 1. The van der Waals surface area contributed by atoms with Crippen molar-refractivity contribution >= 4 is 40.1 Å². The monoisotopic (exact) mass is 495 g/mol. The molecule has 4 rings (SSSR count). The molecule has 2 aliphatic rings. The van der Waals surface area contributed by atoms with E-state index in [1.165, 1.54) is 0 Å². The number of anilines is 1. The number of hydrogen-bond donors (Lipinski definition) is 3. The summed E-state index contributed by atoms with van der Waals surface area (Å²) >= 11 is 1.66. The number of fused-ring (bicyclic) bond motifs is 1. The normalized spacial score (nSPS) is 24.2. The summed E-state index contributed by atoms with van der Waals surface area (Å²) in [6.45, 7) is 5.78. The first-order valence-corrected chi connectivity index (χ1v) is 12.2. The van der Waals surface area contributed by atoms with Gasteiger partial charge in [-0.25, -0.2) is 9.37 Å². The maximum Gasteiger partial charge on any atom is 0.417 e. The summed E-state index contributed by atoms with van der Waals surface area (Å²) in [6.07, 6.45) is -1.53. The number of alkyl halides is 4. The lowest BCUT2D eigenvalue weighted by Gasteiger charge is -2.33. The van der Waals surface area contributed by atoms with E-state index in [1.807, 2.05) is 18.0 Å². The number of allylic oxidation sites excluding steroid dienone is 1. The molecule has 0 bridgehead atoms. The van der Waals surface area contributed by atoms with Crippen LogP contribution >= 0.6 is 11.9 Å². The Balaban J connectivity index is 1.66. The fourth-order valence-electron chi connectivity index (χ4n) is 4.21. The van der Waals surface area contributed by atoms with Gasteiger partial charge in [0.2, 0.25) is 0 Å². The number of pyridine rings is 1. The van der Waals surface area contributed by atoms with Gasteiger partial charge in [-0.3, -0.25) is 4.72 Å². The van der Waals surface area contributed by atoms with E-state index in [-0.39, 0.29) is 5.69 Å². The van der Waals surface area contributed by atoms with Crippen LogP contribution in [-0.4, -0.2) is 73.3 Å². The zero-order valence-electron chi connectivity index (χ0n) is 19.0. The third-order valence-electron chi connectivity index (χ3n) is 6.14. The predicted octanol–water partition coefficient (Wildman–Crippen LogP) is 4.49. The fraction of sp³-hybridized carbons (Fsp3) is 0.458. The third-order valence-corrected chi connectivity index (χ3v) is 7.08. The number of benzene rings is 1. The molecule has 2 unspecified atom stereocenters. The van der Waals surface area contributed by atoms with Crippen LogP contribution in [0.1, 0.15) is 17.8 Å². The second-order valence-electron chi connectivity index (χ2n) is 8.76. The number of hydrogen-bond acceptors (Lipinski definition) is 6. The predicted molar refractivity (Wildman–Crippen MR) is 133 cm³/mol. The van der Waals surface area contributed by atoms with Crippen LogP contribution in [-0.2, 0) is 0 Å². The van der Waals surface area contributed by atoms with Crippen LogP contribution in [0.2, 0.25) is 0 Å². The Hall–Kier alpha value is -2.14. The maximum atomic E-state index is 14.7. The Bertz CT molecular complexity index is 1050. The van der Waals surface area contributed by atoms with E-state index in [1.54, 1.807) is 42.3 Å². The van der Waals surface area contributed by atoms with Gasteiger partial charge in [-0.1, -0.05) is 36.7 Å². The number of halogens is 4. The molecule has 3 heterocycles.